The number of morpholine rings is 1. The number of amides is 1. The van der Waals surface area contributed by atoms with E-state index in [1.54, 1.807) is 35.3 Å². The molecule has 10 heteroatoms. The normalized spacial score (nSPS) is 19.0. The Bertz CT molecular complexity index is 815. The highest BCUT2D eigenvalue weighted by Crippen LogP contribution is 2.11. The molecule has 1 unspecified atom stereocenters. The Morgan fingerprint density at radius 1 is 1.44 bits per heavy atom. The molecule has 1 atom stereocenters. The molecule has 0 radical (unpaired) electrons. The molecule has 0 aromatic carbocycles. The van der Waals surface area contributed by atoms with Crippen LogP contribution in [-0.4, -0.2) is 67.0 Å². The summed E-state index contributed by atoms with van der Waals surface area (Å²) in [5.41, 5.74) is 0. The summed E-state index contributed by atoms with van der Waals surface area (Å²) in [6, 6.07) is 5.12. The Morgan fingerprint density at radius 3 is 3.00 bits per heavy atom. The van der Waals surface area contributed by atoms with E-state index in [-0.39, 0.29) is 30.9 Å². The third-order valence-electron chi connectivity index (χ3n) is 3.82. The van der Waals surface area contributed by atoms with Gasteiger partial charge in [0.15, 0.2) is 5.76 Å². The number of carbonyl (C=O) groups excluding carboxylic acids is 1. The van der Waals surface area contributed by atoms with Crippen LogP contribution in [0.5, 0.6) is 0 Å². The molecule has 1 N–H and O–H groups in total. The van der Waals surface area contributed by atoms with Crippen LogP contribution in [0.3, 0.4) is 0 Å². The smallest absolute Gasteiger partial charge is 0.287 e. The van der Waals surface area contributed by atoms with Crippen molar-refractivity contribution in [2.45, 2.75) is 12.6 Å². The van der Waals surface area contributed by atoms with Gasteiger partial charge in [-0.05, 0) is 18.2 Å². The third-order valence-corrected chi connectivity index (χ3v) is 5.09. The second kappa shape index (κ2) is 7.38. The van der Waals surface area contributed by atoms with Gasteiger partial charge in [-0.2, -0.15) is 9.40 Å². The first-order valence-electron chi connectivity index (χ1n) is 7.83. The number of nitrogens with one attached hydrogen (secondary N) is 1. The van der Waals surface area contributed by atoms with E-state index in [0.717, 1.165) is 6.26 Å². The quantitative estimate of drug-likeness (QED) is 0.764. The molecule has 1 amide bonds. The summed E-state index contributed by atoms with van der Waals surface area (Å²) < 4.78 is 37.2. The second-order valence-corrected chi connectivity index (χ2v) is 7.78. The number of aromatic nitrogens is 2. The minimum Gasteiger partial charge on any atom is -0.454 e. The molecule has 0 spiro atoms. The monoisotopic (exact) mass is 368 g/mol. The summed E-state index contributed by atoms with van der Waals surface area (Å²) >= 11 is 0. The van der Waals surface area contributed by atoms with E-state index in [0.29, 0.717) is 25.5 Å². The fourth-order valence-corrected chi connectivity index (χ4v) is 3.39. The van der Waals surface area contributed by atoms with Crippen molar-refractivity contribution in [3.05, 3.63) is 42.1 Å². The number of ether oxygens (including phenoxy) is 1. The van der Waals surface area contributed by atoms with Crippen molar-refractivity contribution in [1.29, 1.82) is 0 Å². The maximum Gasteiger partial charge on any atom is 0.287 e. The van der Waals surface area contributed by atoms with Gasteiger partial charge in [-0.15, -0.1) is 0 Å². The Morgan fingerprint density at radius 2 is 2.28 bits per heavy atom. The number of hydrogen-bond donors (Lipinski definition) is 1. The zero-order valence-corrected chi connectivity index (χ0v) is 14.6. The topological polar surface area (TPSA) is 107 Å². The lowest BCUT2D eigenvalue weighted by atomic mass is 10.3. The van der Waals surface area contributed by atoms with Gasteiger partial charge in [-0.25, -0.2) is 8.42 Å². The summed E-state index contributed by atoms with van der Waals surface area (Å²) in [5.74, 6) is 0.441. The van der Waals surface area contributed by atoms with E-state index in [1.165, 1.54) is 4.31 Å². The number of sulfonamides is 1. The van der Waals surface area contributed by atoms with Gasteiger partial charge in [0.05, 0.1) is 25.5 Å². The first-order valence-corrected chi connectivity index (χ1v) is 9.68. The summed E-state index contributed by atoms with van der Waals surface area (Å²) in [6.07, 6.45) is 4.25. The fourth-order valence-electron chi connectivity index (χ4n) is 2.55. The van der Waals surface area contributed by atoms with Crippen LogP contribution >= 0.6 is 0 Å². The SMILES string of the molecule is CS(=O)(=O)N1CCOC(CNC(=O)c2ccc(Cn3cccn3)o2)C1. The molecular weight excluding hydrogens is 348 g/mol. The lowest BCUT2D eigenvalue weighted by Crippen LogP contribution is -2.49. The highest BCUT2D eigenvalue weighted by molar-refractivity contribution is 7.88. The highest BCUT2D eigenvalue weighted by Gasteiger charge is 2.27. The van der Waals surface area contributed by atoms with Crippen molar-refractivity contribution < 1.29 is 22.4 Å². The van der Waals surface area contributed by atoms with Crippen LogP contribution < -0.4 is 5.32 Å². The summed E-state index contributed by atoms with van der Waals surface area (Å²) in [5, 5.41) is 6.79. The molecule has 1 fully saturated rings. The van der Waals surface area contributed by atoms with Gasteiger partial charge in [-0.1, -0.05) is 0 Å². The molecule has 0 bridgehead atoms. The van der Waals surface area contributed by atoms with Crippen LogP contribution in [0.2, 0.25) is 0 Å². The lowest BCUT2D eigenvalue weighted by molar-refractivity contribution is 0.000298. The molecule has 9 nitrogen and oxygen atoms in total. The molecule has 25 heavy (non-hydrogen) atoms. The van der Waals surface area contributed by atoms with E-state index in [1.807, 2.05) is 0 Å². The minimum atomic E-state index is -3.26. The largest absolute Gasteiger partial charge is 0.454 e. The van der Waals surface area contributed by atoms with Gasteiger partial charge >= 0.3 is 0 Å². The van der Waals surface area contributed by atoms with E-state index in [4.69, 9.17) is 9.15 Å². The Labute approximate surface area is 145 Å². The molecule has 2 aromatic rings. The number of nitrogens with zero attached hydrogens (tertiary/aromatic N) is 3. The maximum atomic E-state index is 12.2. The molecule has 0 aliphatic carbocycles. The average Bonchev–Trinajstić information content (AvgIpc) is 3.24. The Kier molecular flexibility index (Phi) is 5.21. The molecule has 136 valence electrons. The van der Waals surface area contributed by atoms with E-state index >= 15 is 0 Å². The van der Waals surface area contributed by atoms with Crippen molar-refractivity contribution in [2.24, 2.45) is 0 Å². The molecule has 3 rings (SSSR count). The number of rotatable bonds is 6. The average molecular weight is 368 g/mol. The fraction of sp³-hybridized carbons (Fsp3) is 0.467. The highest BCUT2D eigenvalue weighted by atomic mass is 32.2. The first kappa shape index (κ1) is 17.6. The predicted molar refractivity (Wildman–Crippen MR) is 88.5 cm³/mol. The summed E-state index contributed by atoms with van der Waals surface area (Å²) in [7, 11) is -3.26. The van der Waals surface area contributed by atoms with Crippen molar-refractivity contribution in [2.75, 3.05) is 32.5 Å². The molecule has 1 aliphatic rings. The van der Waals surface area contributed by atoms with Crippen LogP contribution in [0.4, 0.5) is 0 Å². The standard InChI is InChI=1S/C15H20N4O5S/c1-25(21,22)19-7-8-23-13(11-19)9-16-15(20)14-4-3-12(24-14)10-18-6-2-5-17-18/h2-6,13H,7-11H2,1H3,(H,16,20). The van der Waals surface area contributed by atoms with Gasteiger partial charge in [-0.3, -0.25) is 9.48 Å². The third kappa shape index (κ3) is 4.68. The van der Waals surface area contributed by atoms with Crippen LogP contribution in [0.15, 0.2) is 35.0 Å². The van der Waals surface area contributed by atoms with Crippen LogP contribution in [0, 0.1) is 0 Å². The second-order valence-electron chi connectivity index (χ2n) is 5.79. The summed E-state index contributed by atoms with van der Waals surface area (Å²) in [6.45, 7) is 1.51. The van der Waals surface area contributed by atoms with Gasteiger partial charge in [0, 0.05) is 32.0 Å². The Balaban J connectivity index is 1.52. The van der Waals surface area contributed by atoms with Gasteiger partial charge in [0.1, 0.15) is 5.76 Å². The van der Waals surface area contributed by atoms with Crippen LogP contribution in [0.25, 0.3) is 0 Å². The van der Waals surface area contributed by atoms with Gasteiger partial charge < -0.3 is 14.5 Å². The lowest BCUT2D eigenvalue weighted by Gasteiger charge is -2.31. The van der Waals surface area contributed by atoms with E-state index in [9.17, 15) is 13.2 Å². The molecule has 0 saturated carbocycles. The predicted octanol–water partition coefficient (Wildman–Crippen LogP) is -0.0854. The van der Waals surface area contributed by atoms with Crippen molar-refractivity contribution in [3.8, 4) is 0 Å². The Hall–Kier alpha value is -2.17. The molecular formula is C15H20N4O5S. The zero-order chi connectivity index (χ0) is 17.9. The van der Waals surface area contributed by atoms with E-state index < -0.39 is 10.0 Å². The number of furan rings is 1. The van der Waals surface area contributed by atoms with Gasteiger partial charge in [0.2, 0.25) is 10.0 Å². The zero-order valence-electron chi connectivity index (χ0n) is 13.8. The van der Waals surface area contributed by atoms with Crippen molar-refractivity contribution in [1.82, 2.24) is 19.4 Å². The van der Waals surface area contributed by atoms with Crippen LogP contribution in [-0.2, 0) is 21.3 Å². The molecule has 1 aliphatic heterocycles. The first-order chi connectivity index (χ1) is 11.9. The van der Waals surface area contributed by atoms with Crippen LogP contribution in [0.1, 0.15) is 16.3 Å². The maximum absolute atomic E-state index is 12.2. The van der Waals surface area contributed by atoms with Crippen molar-refractivity contribution in [3.63, 3.8) is 0 Å². The van der Waals surface area contributed by atoms with Crippen molar-refractivity contribution >= 4 is 15.9 Å². The van der Waals surface area contributed by atoms with E-state index in [2.05, 4.69) is 10.4 Å². The number of carbonyl (C=O) groups is 1. The number of hydrogen-bond acceptors (Lipinski definition) is 6. The molecule has 1 saturated heterocycles. The summed E-state index contributed by atoms with van der Waals surface area (Å²) in [4.78, 5) is 12.2. The molecule has 3 heterocycles. The minimum absolute atomic E-state index is 0.193. The van der Waals surface area contributed by atoms with Gasteiger partial charge in [0.25, 0.3) is 5.91 Å². The molecule has 2 aromatic heterocycles.